The maximum absolute atomic E-state index is 10.9. The number of benzene rings is 1. The van der Waals surface area contributed by atoms with Gasteiger partial charge in [-0.3, -0.25) is 25.0 Å². The van der Waals surface area contributed by atoms with Gasteiger partial charge in [-0.2, -0.15) is 0 Å². The molecule has 1 aromatic carbocycles. The van der Waals surface area contributed by atoms with Crippen molar-refractivity contribution in [2.45, 2.75) is 18.7 Å². The normalized spacial score (nSPS) is 9.94. The van der Waals surface area contributed by atoms with Crippen molar-refractivity contribution >= 4 is 30.0 Å². The largest absolute Gasteiger partial charge is 0.419 e. The minimum atomic E-state index is -0.874. The Morgan fingerprint density at radius 1 is 1.33 bits per heavy atom. The van der Waals surface area contributed by atoms with Gasteiger partial charge < -0.3 is 4.74 Å². The van der Waals surface area contributed by atoms with Gasteiger partial charge >= 0.3 is 11.7 Å². The molecule has 0 aliphatic heterocycles. The Hall–Kier alpha value is -2.16. The summed E-state index contributed by atoms with van der Waals surface area (Å²) in [5.41, 5.74) is -1.10. The van der Waals surface area contributed by atoms with Crippen LogP contribution in [0.1, 0.15) is 12.5 Å². The number of nitro groups is 2. The van der Waals surface area contributed by atoms with Crippen LogP contribution in [0.15, 0.2) is 11.0 Å². The molecule has 96 valence electrons. The van der Waals surface area contributed by atoms with Crippen LogP contribution in [0, 0.1) is 27.2 Å². The van der Waals surface area contributed by atoms with Crippen LogP contribution < -0.4 is 4.74 Å². The number of thiol groups is 1. The summed E-state index contributed by atoms with van der Waals surface area (Å²) in [6.45, 7) is 2.44. The molecule has 8 nitrogen and oxygen atoms in total. The molecule has 0 aromatic heterocycles. The summed E-state index contributed by atoms with van der Waals surface area (Å²) >= 11 is 3.75. The highest BCUT2D eigenvalue weighted by Crippen LogP contribution is 2.42. The standard InChI is InChI=1S/C9H8N2O6S/c1-4-3-6(10(13)14)9(18)7(11(15)16)8(4)17-5(2)12/h3,18H,1-2H3. The maximum atomic E-state index is 10.9. The molecule has 1 rings (SSSR count). The van der Waals surface area contributed by atoms with E-state index >= 15 is 0 Å². The third-order valence-corrected chi connectivity index (χ3v) is 2.46. The number of hydrogen-bond acceptors (Lipinski definition) is 7. The van der Waals surface area contributed by atoms with E-state index in [0.717, 1.165) is 13.0 Å². The molecule has 0 aliphatic carbocycles. The zero-order valence-electron chi connectivity index (χ0n) is 9.37. The van der Waals surface area contributed by atoms with E-state index < -0.39 is 32.1 Å². The summed E-state index contributed by atoms with van der Waals surface area (Å²) < 4.78 is 4.70. The van der Waals surface area contributed by atoms with Gasteiger partial charge in [0.25, 0.3) is 5.69 Å². The molecule has 0 aliphatic rings. The fraction of sp³-hybridized carbons (Fsp3) is 0.222. The van der Waals surface area contributed by atoms with E-state index in [4.69, 9.17) is 4.74 Å². The van der Waals surface area contributed by atoms with E-state index in [0.29, 0.717) is 0 Å². The minimum Gasteiger partial charge on any atom is -0.419 e. The van der Waals surface area contributed by atoms with Crippen molar-refractivity contribution in [1.29, 1.82) is 0 Å². The summed E-state index contributed by atoms with van der Waals surface area (Å²) in [7, 11) is 0. The molecule has 1 aromatic rings. The number of esters is 1. The molecule has 0 atom stereocenters. The van der Waals surface area contributed by atoms with Gasteiger partial charge in [-0.15, -0.1) is 12.6 Å². The van der Waals surface area contributed by atoms with E-state index in [1.807, 2.05) is 0 Å². The van der Waals surface area contributed by atoms with Crippen molar-refractivity contribution in [2.75, 3.05) is 0 Å². The number of nitro benzene ring substituents is 2. The lowest BCUT2D eigenvalue weighted by Crippen LogP contribution is -2.07. The number of ether oxygens (including phenoxy) is 1. The fourth-order valence-electron chi connectivity index (χ4n) is 1.34. The molecule has 0 bridgehead atoms. The number of carbonyl (C=O) groups excluding carboxylic acids is 1. The van der Waals surface area contributed by atoms with Crippen LogP contribution in [-0.4, -0.2) is 15.8 Å². The summed E-state index contributed by atoms with van der Waals surface area (Å²) in [4.78, 5) is 30.4. The van der Waals surface area contributed by atoms with Gasteiger partial charge in [0.05, 0.1) is 9.85 Å². The third-order valence-electron chi connectivity index (χ3n) is 2.02. The van der Waals surface area contributed by atoms with Gasteiger partial charge in [0.15, 0.2) is 4.90 Å². The van der Waals surface area contributed by atoms with Crippen molar-refractivity contribution in [3.63, 3.8) is 0 Å². The van der Waals surface area contributed by atoms with Crippen LogP contribution in [-0.2, 0) is 4.79 Å². The highest BCUT2D eigenvalue weighted by atomic mass is 32.1. The second kappa shape index (κ2) is 5.00. The average Bonchev–Trinajstić information content (AvgIpc) is 2.21. The van der Waals surface area contributed by atoms with E-state index in [2.05, 4.69) is 12.6 Å². The zero-order chi connectivity index (χ0) is 14.0. The van der Waals surface area contributed by atoms with Crippen LogP contribution >= 0.6 is 12.6 Å². The van der Waals surface area contributed by atoms with Crippen molar-refractivity contribution < 1.29 is 19.4 Å². The Kier molecular flexibility index (Phi) is 3.86. The predicted molar refractivity (Wildman–Crippen MR) is 63.0 cm³/mol. The molecule has 0 saturated heterocycles. The molecule has 0 N–H and O–H groups in total. The zero-order valence-corrected chi connectivity index (χ0v) is 10.3. The van der Waals surface area contributed by atoms with Crippen molar-refractivity contribution in [3.05, 3.63) is 31.9 Å². The smallest absolute Gasteiger partial charge is 0.332 e. The molecule has 0 amide bonds. The molecular weight excluding hydrogens is 264 g/mol. The summed E-state index contributed by atoms with van der Waals surface area (Å²) in [5, 5.41) is 21.6. The number of carbonyl (C=O) groups is 1. The first-order chi connectivity index (χ1) is 8.25. The van der Waals surface area contributed by atoms with Crippen LogP contribution in [0.5, 0.6) is 5.75 Å². The molecule has 0 spiro atoms. The molecule has 0 saturated carbocycles. The SMILES string of the molecule is CC(=O)Oc1c(C)cc([N+](=O)[O-])c(S)c1[N+](=O)[O-]. The first kappa shape index (κ1) is 13.9. The Bertz CT molecular complexity index is 556. The van der Waals surface area contributed by atoms with Gasteiger partial charge in [-0.05, 0) is 6.92 Å². The number of nitrogens with zero attached hydrogens (tertiary/aromatic N) is 2. The van der Waals surface area contributed by atoms with Gasteiger partial charge in [0.2, 0.25) is 5.75 Å². The lowest BCUT2D eigenvalue weighted by atomic mass is 10.1. The van der Waals surface area contributed by atoms with Crippen LogP contribution in [0.4, 0.5) is 11.4 Å². The minimum absolute atomic E-state index is 0.112. The summed E-state index contributed by atoms with van der Waals surface area (Å²) in [5.74, 6) is -1.09. The number of aryl methyl sites for hydroxylation is 1. The van der Waals surface area contributed by atoms with E-state index in [1.165, 1.54) is 6.92 Å². The van der Waals surface area contributed by atoms with Crippen LogP contribution in [0.2, 0.25) is 0 Å². The fourth-order valence-corrected chi connectivity index (χ4v) is 1.67. The topological polar surface area (TPSA) is 113 Å². The van der Waals surface area contributed by atoms with Crippen molar-refractivity contribution in [3.8, 4) is 5.75 Å². The second-order valence-corrected chi connectivity index (χ2v) is 3.79. The van der Waals surface area contributed by atoms with Gasteiger partial charge in [0.1, 0.15) is 0 Å². The molecule has 0 heterocycles. The van der Waals surface area contributed by atoms with Crippen molar-refractivity contribution in [1.82, 2.24) is 0 Å². The Morgan fingerprint density at radius 3 is 2.28 bits per heavy atom. The molecule has 0 fully saturated rings. The first-order valence-corrected chi connectivity index (χ1v) is 5.04. The van der Waals surface area contributed by atoms with Crippen LogP contribution in [0.3, 0.4) is 0 Å². The average molecular weight is 272 g/mol. The van der Waals surface area contributed by atoms with Gasteiger partial charge in [-0.1, -0.05) is 0 Å². The van der Waals surface area contributed by atoms with E-state index in [1.54, 1.807) is 0 Å². The highest BCUT2D eigenvalue weighted by molar-refractivity contribution is 7.80. The highest BCUT2D eigenvalue weighted by Gasteiger charge is 2.30. The molecule has 0 unspecified atom stereocenters. The summed E-state index contributed by atoms with van der Waals surface area (Å²) in [6, 6.07) is 1.06. The number of rotatable bonds is 3. The first-order valence-electron chi connectivity index (χ1n) is 4.59. The molecule has 9 heteroatoms. The number of hydrogen-bond donors (Lipinski definition) is 1. The van der Waals surface area contributed by atoms with E-state index in [-0.39, 0.29) is 11.3 Å². The molecule has 0 radical (unpaired) electrons. The Labute approximate surface area is 106 Å². The van der Waals surface area contributed by atoms with Crippen LogP contribution in [0.25, 0.3) is 0 Å². The summed E-state index contributed by atoms with van der Waals surface area (Å²) in [6.07, 6.45) is 0. The second-order valence-electron chi connectivity index (χ2n) is 3.35. The predicted octanol–water partition coefficient (Wildman–Crippen LogP) is 2.03. The molecule has 18 heavy (non-hydrogen) atoms. The third kappa shape index (κ3) is 2.56. The Morgan fingerprint density at radius 2 is 1.89 bits per heavy atom. The Balaban J connectivity index is 3.62. The maximum Gasteiger partial charge on any atom is 0.332 e. The van der Waals surface area contributed by atoms with E-state index in [9.17, 15) is 25.0 Å². The van der Waals surface area contributed by atoms with Crippen molar-refractivity contribution in [2.24, 2.45) is 0 Å². The molecular formula is C9H8N2O6S. The monoisotopic (exact) mass is 272 g/mol. The lowest BCUT2D eigenvalue weighted by molar-refractivity contribution is -0.400. The lowest BCUT2D eigenvalue weighted by Gasteiger charge is -2.08. The van der Waals surface area contributed by atoms with Gasteiger partial charge in [-0.25, -0.2) is 0 Å². The quantitative estimate of drug-likeness (QED) is 0.296. The van der Waals surface area contributed by atoms with Gasteiger partial charge in [0, 0.05) is 18.6 Å².